The normalized spacial score (nSPS) is 12.3. The smallest absolute Gasteiger partial charge is 0.146 e. The number of ether oxygens (including phenoxy) is 1. The Morgan fingerprint density at radius 1 is 0.931 bits per heavy atom. The number of methoxy groups -OCH3 is 1. The highest BCUT2D eigenvalue weighted by Crippen LogP contribution is 2.41. The molecule has 0 fully saturated rings. The molecule has 29 heavy (non-hydrogen) atoms. The Hall–Kier alpha value is -2.44. The molecule has 2 aromatic carbocycles. The molecule has 0 radical (unpaired) electrons. The minimum absolute atomic E-state index is 0.196. The predicted octanol–water partition coefficient (Wildman–Crippen LogP) is 7.05. The summed E-state index contributed by atoms with van der Waals surface area (Å²) in [6.07, 6.45) is 1.98. The Labute approximate surface area is 177 Å². The lowest BCUT2D eigenvalue weighted by atomic mass is 9.97. The number of hydrogen-bond donors (Lipinski definition) is 1. The first-order valence-corrected chi connectivity index (χ1v) is 12.6. The molecule has 0 saturated heterocycles. The zero-order chi connectivity index (χ0) is 21.6. The maximum absolute atomic E-state index is 10.6. The lowest BCUT2D eigenvalue weighted by Crippen LogP contribution is -2.43. The third-order valence-corrected chi connectivity index (χ3v) is 12.3. The zero-order valence-corrected chi connectivity index (χ0v) is 19.8. The van der Waals surface area contributed by atoms with Crippen molar-refractivity contribution in [2.24, 2.45) is 0 Å². The van der Waals surface area contributed by atoms with Gasteiger partial charge >= 0.3 is 0 Å². The summed E-state index contributed by atoms with van der Waals surface area (Å²) < 4.78 is 5.24. The van der Waals surface area contributed by atoms with Crippen molar-refractivity contribution < 1.29 is 9.84 Å². The molecule has 0 aromatic heterocycles. The minimum atomic E-state index is -1.81. The van der Waals surface area contributed by atoms with Crippen LogP contribution in [0.25, 0.3) is 5.57 Å². The first-order chi connectivity index (χ1) is 13.7. The quantitative estimate of drug-likeness (QED) is 0.411. The molecule has 3 heteroatoms. The maximum Gasteiger partial charge on any atom is 0.146 e. The maximum atomic E-state index is 10.6. The molecular weight excluding hydrogens is 372 g/mol. The van der Waals surface area contributed by atoms with Gasteiger partial charge in [-0.05, 0) is 40.4 Å². The molecule has 0 bridgehead atoms. The summed E-state index contributed by atoms with van der Waals surface area (Å²) in [6.45, 7) is 13.9. The van der Waals surface area contributed by atoms with Crippen LogP contribution in [0.15, 0.2) is 54.6 Å². The predicted molar refractivity (Wildman–Crippen MR) is 127 cm³/mol. The molecule has 0 saturated carbocycles. The van der Waals surface area contributed by atoms with E-state index in [0.717, 1.165) is 16.7 Å². The topological polar surface area (TPSA) is 29.5 Å². The number of benzene rings is 2. The number of rotatable bonds is 6. The fraction of sp³-hybridized carbons (Fsp3) is 0.385. The van der Waals surface area contributed by atoms with Crippen molar-refractivity contribution in [3.8, 4) is 23.0 Å². The van der Waals surface area contributed by atoms with Crippen molar-refractivity contribution in [3.05, 3.63) is 65.7 Å². The lowest BCUT2D eigenvalue weighted by Gasteiger charge is -2.38. The number of hydrogen-bond acceptors (Lipinski definition) is 2. The van der Waals surface area contributed by atoms with Crippen LogP contribution in [0.1, 0.15) is 52.7 Å². The van der Waals surface area contributed by atoms with E-state index in [4.69, 9.17) is 4.74 Å². The van der Waals surface area contributed by atoms with Gasteiger partial charge < -0.3 is 9.84 Å². The summed E-state index contributed by atoms with van der Waals surface area (Å²) in [5.74, 6) is 4.26. The molecule has 0 spiro atoms. The molecule has 0 amide bonds. The first kappa shape index (κ1) is 22.8. The van der Waals surface area contributed by atoms with E-state index in [-0.39, 0.29) is 5.75 Å². The summed E-state index contributed by atoms with van der Waals surface area (Å²) in [5.41, 5.74) is 8.22. The average Bonchev–Trinajstić information content (AvgIpc) is 2.68. The van der Waals surface area contributed by atoms with Crippen LogP contribution in [0.5, 0.6) is 11.5 Å². The number of allylic oxidation sites excluding steroid dienone is 1. The van der Waals surface area contributed by atoms with Crippen LogP contribution in [0.4, 0.5) is 0 Å². The molecule has 0 aliphatic heterocycles. The van der Waals surface area contributed by atoms with Gasteiger partial charge in [0.1, 0.15) is 19.6 Å². The van der Waals surface area contributed by atoms with Crippen molar-refractivity contribution in [1.82, 2.24) is 0 Å². The van der Waals surface area contributed by atoms with E-state index in [2.05, 4.69) is 65.1 Å². The molecule has 0 aliphatic rings. The van der Waals surface area contributed by atoms with Crippen LogP contribution >= 0.6 is 0 Å². The largest absolute Gasteiger partial charge is 0.507 e. The van der Waals surface area contributed by atoms with E-state index in [9.17, 15) is 5.11 Å². The van der Waals surface area contributed by atoms with Crippen LogP contribution < -0.4 is 4.74 Å². The molecule has 0 unspecified atom stereocenters. The van der Waals surface area contributed by atoms with Gasteiger partial charge in [0.05, 0.1) is 7.11 Å². The lowest BCUT2D eigenvalue weighted by molar-refractivity contribution is 0.407. The number of phenolic OH excluding ortho intramolecular Hbond substituents is 1. The van der Waals surface area contributed by atoms with Gasteiger partial charge in [0, 0.05) is 17.2 Å². The average molecular weight is 407 g/mol. The summed E-state index contributed by atoms with van der Waals surface area (Å²) in [4.78, 5) is 0. The molecule has 154 valence electrons. The Bertz CT molecular complexity index is 878. The van der Waals surface area contributed by atoms with Crippen molar-refractivity contribution in [1.29, 1.82) is 0 Å². The van der Waals surface area contributed by atoms with E-state index in [1.54, 1.807) is 13.2 Å². The van der Waals surface area contributed by atoms with Gasteiger partial charge in [-0.2, -0.15) is 0 Å². The van der Waals surface area contributed by atoms with Gasteiger partial charge in [0.15, 0.2) is 0 Å². The summed E-state index contributed by atoms with van der Waals surface area (Å²) in [5, 5.41) is 10.6. The van der Waals surface area contributed by atoms with Crippen molar-refractivity contribution >= 4 is 13.6 Å². The van der Waals surface area contributed by atoms with Gasteiger partial charge in [-0.25, -0.2) is 0 Å². The Balaban J connectivity index is 2.63. The van der Waals surface area contributed by atoms with Gasteiger partial charge in [0.2, 0.25) is 0 Å². The summed E-state index contributed by atoms with van der Waals surface area (Å²) in [6, 6.07) is 15.5. The van der Waals surface area contributed by atoms with E-state index < -0.39 is 8.07 Å². The number of aromatic hydroxyl groups is 1. The third-order valence-electron chi connectivity index (χ3n) is 5.95. The van der Waals surface area contributed by atoms with E-state index in [0.29, 0.717) is 22.4 Å². The first-order valence-electron chi connectivity index (χ1n) is 10.4. The van der Waals surface area contributed by atoms with Crippen molar-refractivity contribution in [2.75, 3.05) is 7.11 Å². The van der Waals surface area contributed by atoms with E-state index in [1.165, 1.54) is 0 Å². The van der Waals surface area contributed by atoms with Crippen LogP contribution in [0.2, 0.25) is 16.6 Å². The summed E-state index contributed by atoms with van der Waals surface area (Å²) in [7, 11) is -0.214. The SMILES string of the molecule is COc1ccc(/C(=C\C#C[Si](C(C)C)(C(C)C)C(C)C)c2ccccc2)c(O)c1. The van der Waals surface area contributed by atoms with Gasteiger partial charge in [-0.1, -0.05) is 77.8 Å². The van der Waals surface area contributed by atoms with E-state index in [1.807, 2.05) is 36.4 Å². The van der Waals surface area contributed by atoms with Crippen LogP contribution in [-0.4, -0.2) is 20.3 Å². The molecular formula is C26H34O2Si. The minimum Gasteiger partial charge on any atom is -0.507 e. The Morgan fingerprint density at radius 2 is 1.52 bits per heavy atom. The van der Waals surface area contributed by atoms with Gasteiger partial charge in [0.25, 0.3) is 0 Å². The molecule has 1 N–H and O–H groups in total. The highest BCUT2D eigenvalue weighted by molar-refractivity contribution is 6.90. The monoisotopic (exact) mass is 406 g/mol. The standard InChI is InChI=1S/C26H34O2Si/c1-19(2)29(20(3)4,21(5)6)17-11-14-24(22-12-9-8-10-13-22)25-16-15-23(28-7)18-26(25)27/h8-10,12-16,18-21,27H,1-7H3/b24-14-. The van der Waals surface area contributed by atoms with Crippen LogP contribution in [-0.2, 0) is 0 Å². The number of phenols is 1. The Morgan fingerprint density at radius 3 is 2.00 bits per heavy atom. The van der Waals surface area contributed by atoms with Crippen LogP contribution in [0, 0.1) is 11.5 Å². The fourth-order valence-corrected chi connectivity index (χ4v) is 9.65. The van der Waals surface area contributed by atoms with E-state index >= 15 is 0 Å². The second-order valence-electron chi connectivity index (χ2n) is 8.47. The highest BCUT2D eigenvalue weighted by Gasteiger charge is 2.41. The molecule has 2 aromatic rings. The third kappa shape index (κ3) is 4.94. The molecule has 0 aliphatic carbocycles. The molecule has 0 atom stereocenters. The molecule has 2 rings (SSSR count). The molecule has 0 heterocycles. The Kier molecular flexibility index (Phi) is 7.76. The second-order valence-corrected chi connectivity index (χ2v) is 14.1. The summed E-state index contributed by atoms with van der Waals surface area (Å²) >= 11 is 0. The fourth-order valence-electron chi connectivity index (χ4n) is 4.47. The van der Waals surface area contributed by atoms with Crippen molar-refractivity contribution in [2.45, 2.75) is 58.2 Å². The second kappa shape index (κ2) is 9.85. The zero-order valence-electron chi connectivity index (χ0n) is 18.8. The van der Waals surface area contributed by atoms with Gasteiger partial charge in [-0.3, -0.25) is 0 Å². The van der Waals surface area contributed by atoms with Crippen molar-refractivity contribution in [3.63, 3.8) is 0 Å². The van der Waals surface area contributed by atoms with Crippen LogP contribution in [0.3, 0.4) is 0 Å². The highest BCUT2D eigenvalue weighted by atomic mass is 28.3. The van der Waals surface area contributed by atoms with Gasteiger partial charge in [-0.15, -0.1) is 5.54 Å². The molecule has 2 nitrogen and oxygen atoms in total.